The van der Waals surface area contributed by atoms with Crippen LogP contribution in [-0.4, -0.2) is 28.0 Å². The summed E-state index contributed by atoms with van der Waals surface area (Å²) in [4.78, 5) is 0. The van der Waals surface area contributed by atoms with Gasteiger partial charge in [-0.3, -0.25) is 0 Å². The summed E-state index contributed by atoms with van der Waals surface area (Å²) in [6, 6.07) is 6.69. The van der Waals surface area contributed by atoms with Crippen LogP contribution in [0.3, 0.4) is 0 Å². The summed E-state index contributed by atoms with van der Waals surface area (Å²) in [5.41, 5.74) is 0.344. The van der Waals surface area contributed by atoms with Crippen LogP contribution in [0.5, 0.6) is 0 Å². The molecule has 2 rings (SSSR count). The molecule has 1 heterocycles. The normalized spacial score (nSPS) is 13.3. The van der Waals surface area contributed by atoms with E-state index in [9.17, 15) is 9.50 Å². The molecule has 0 amide bonds. The van der Waals surface area contributed by atoms with E-state index < -0.39 is 6.10 Å². The third kappa shape index (κ3) is 4.72. The highest BCUT2D eigenvalue weighted by Crippen LogP contribution is 2.27. The zero-order valence-corrected chi connectivity index (χ0v) is 14.8. The fourth-order valence-electron chi connectivity index (χ4n) is 2.51. The Morgan fingerprint density at radius 1 is 1.26 bits per heavy atom. The molecule has 2 aromatic rings. The monoisotopic (exact) mass is 337 g/mol. The zero-order chi connectivity index (χ0) is 17.0. The van der Waals surface area contributed by atoms with Crippen molar-refractivity contribution in [2.24, 2.45) is 11.3 Å². The van der Waals surface area contributed by atoms with E-state index in [1.165, 1.54) is 17.4 Å². The van der Waals surface area contributed by atoms with Crippen molar-refractivity contribution in [1.29, 1.82) is 0 Å². The SMILES string of the molecule is CC(C)C(O)C(C)(C)CNc1nnc(Cc2ccccc2F)s1. The number of aromatic nitrogens is 2. The van der Waals surface area contributed by atoms with Crippen molar-refractivity contribution in [3.8, 4) is 0 Å². The average molecular weight is 337 g/mol. The number of aliphatic hydroxyl groups is 1. The van der Waals surface area contributed by atoms with Crippen molar-refractivity contribution in [3.63, 3.8) is 0 Å². The van der Waals surface area contributed by atoms with Crippen LogP contribution in [0.25, 0.3) is 0 Å². The van der Waals surface area contributed by atoms with Crippen LogP contribution in [-0.2, 0) is 6.42 Å². The van der Waals surface area contributed by atoms with Crippen molar-refractivity contribution in [2.45, 2.75) is 40.2 Å². The number of hydrogen-bond donors (Lipinski definition) is 2. The van der Waals surface area contributed by atoms with Gasteiger partial charge in [-0.1, -0.05) is 57.2 Å². The van der Waals surface area contributed by atoms with E-state index in [1.54, 1.807) is 12.1 Å². The molecule has 1 aromatic heterocycles. The van der Waals surface area contributed by atoms with Crippen LogP contribution < -0.4 is 5.32 Å². The molecule has 23 heavy (non-hydrogen) atoms. The first-order valence-electron chi connectivity index (χ1n) is 7.77. The molecule has 0 saturated heterocycles. The van der Waals surface area contributed by atoms with E-state index in [-0.39, 0.29) is 17.2 Å². The lowest BCUT2D eigenvalue weighted by atomic mass is 9.81. The predicted molar refractivity (Wildman–Crippen MR) is 92.2 cm³/mol. The molecule has 0 aliphatic carbocycles. The Labute approximate surface area is 140 Å². The molecule has 1 aromatic carbocycles. The van der Waals surface area contributed by atoms with Gasteiger partial charge in [0.05, 0.1) is 6.10 Å². The number of benzene rings is 1. The second-order valence-corrected chi connectivity index (χ2v) is 7.86. The standard InChI is InChI=1S/C17H24FN3OS/c1-11(2)15(22)17(3,4)10-19-16-21-20-14(23-16)9-12-7-5-6-8-13(12)18/h5-8,11,15,22H,9-10H2,1-4H3,(H,19,21). The van der Waals surface area contributed by atoms with Crippen molar-refractivity contribution >= 4 is 16.5 Å². The average Bonchev–Trinajstić information content (AvgIpc) is 2.94. The lowest BCUT2D eigenvalue weighted by Crippen LogP contribution is -2.39. The largest absolute Gasteiger partial charge is 0.392 e. The summed E-state index contributed by atoms with van der Waals surface area (Å²) in [5, 5.41) is 23.2. The first kappa shape index (κ1) is 17.8. The first-order valence-corrected chi connectivity index (χ1v) is 8.59. The first-order chi connectivity index (χ1) is 10.8. The number of hydrogen-bond acceptors (Lipinski definition) is 5. The van der Waals surface area contributed by atoms with E-state index in [1.807, 2.05) is 33.8 Å². The fourth-order valence-corrected chi connectivity index (χ4v) is 3.27. The number of nitrogens with one attached hydrogen (secondary N) is 1. The van der Waals surface area contributed by atoms with Gasteiger partial charge in [0.2, 0.25) is 5.13 Å². The second-order valence-electron chi connectivity index (χ2n) is 6.80. The predicted octanol–water partition coefficient (Wildman–Crippen LogP) is 3.72. The Hall–Kier alpha value is -1.53. The third-order valence-electron chi connectivity index (χ3n) is 3.89. The van der Waals surface area contributed by atoms with Gasteiger partial charge >= 0.3 is 0 Å². The topological polar surface area (TPSA) is 58.0 Å². The van der Waals surface area contributed by atoms with Crippen LogP contribution in [0.15, 0.2) is 24.3 Å². The van der Waals surface area contributed by atoms with Gasteiger partial charge in [0.1, 0.15) is 10.8 Å². The van der Waals surface area contributed by atoms with Crippen LogP contribution in [0.4, 0.5) is 9.52 Å². The summed E-state index contributed by atoms with van der Waals surface area (Å²) in [6.45, 7) is 8.65. The highest BCUT2D eigenvalue weighted by atomic mass is 32.1. The molecular weight excluding hydrogens is 313 g/mol. The van der Waals surface area contributed by atoms with Gasteiger partial charge in [-0.15, -0.1) is 10.2 Å². The molecule has 1 unspecified atom stereocenters. The molecule has 0 fully saturated rings. The Morgan fingerprint density at radius 2 is 1.96 bits per heavy atom. The van der Waals surface area contributed by atoms with Gasteiger partial charge in [-0.2, -0.15) is 0 Å². The molecule has 126 valence electrons. The van der Waals surface area contributed by atoms with Crippen LogP contribution in [0, 0.1) is 17.2 Å². The number of anilines is 1. The lowest BCUT2D eigenvalue weighted by molar-refractivity contribution is 0.0210. The van der Waals surface area contributed by atoms with E-state index in [0.717, 1.165) is 5.01 Å². The van der Waals surface area contributed by atoms with E-state index >= 15 is 0 Å². The highest BCUT2D eigenvalue weighted by Gasteiger charge is 2.30. The Balaban J connectivity index is 1.96. The molecule has 0 spiro atoms. The van der Waals surface area contributed by atoms with Crippen LogP contribution in [0.1, 0.15) is 38.3 Å². The maximum Gasteiger partial charge on any atom is 0.205 e. The zero-order valence-electron chi connectivity index (χ0n) is 14.0. The van der Waals surface area contributed by atoms with Crippen LogP contribution >= 0.6 is 11.3 Å². The fraction of sp³-hybridized carbons (Fsp3) is 0.529. The van der Waals surface area contributed by atoms with Crippen molar-refractivity contribution in [3.05, 3.63) is 40.7 Å². The number of halogens is 1. The van der Waals surface area contributed by atoms with Gasteiger partial charge in [-0.25, -0.2) is 4.39 Å². The minimum absolute atomic E-state index is 0.192. The molecule has 0 aliphatic heterocycles. The summed E-state index contributed by atoms with van der Waals surface area (Å²) in [6.07, 6.45) is 0.0325. The van der Waals surface area contributed by atoms with Gasteiger partial charge < -0.3 is 10.4 Å². The lowest BCUT2D eigenvalue weighted by Gasteiger charge is -2.33. The summed E-state index contributed by atoms with van der Waals surface area (Å²) >= 11 is 1.42. The Morgan fingerprint density at radius 3 is 2.61 bits per heavy atom. The molecule has 2 N–H and O–H groups in total. The van der Waals surface area contributed by atoms with E-state index in [0.29, 0.717) is 23.7 Å². The summed E-state index contributed by atoms with van der Waals surface area (Å²) in [5.74, 6) is -0.0313. The third-order valence-corrected chi connectivity index (χ3v) is 4.77. The Bertz CT molecular complexity index is 642. The highest BCUT2D eigenvalue weighted by molar-refractivity contribution is 7.15. The van der Waals surface area contributed by atoms with Gasteiger partial charge in [0.25, 0.3) is 0 Å². The molecule has 0 radical (unpaired) electrons. The van der Waals surface area contributed by atoms with Crippen LogP contribution in [0.2, 0.25) is 0 Å². The number of aliphatic hydroxyl groups excluding tert-OH is 1. The van der Waals surface area contributed by atoms with E-state index in [4.69, 9.17) is 0 Å². The molecule has 0 aliphatic rings. The molecule has 1 atom stereocenters. The maximum absolute atomic E-state index is 13.7. The maximum atomic E-state index is 13.7. The van der Waals surface area contributed by atoms with Gasteiger partial charge in [0.15, 0.2) is 0 Å². The Kier molecular flexibility index (Phi) is 5.70. The van der Waals surface area contributed by atoms with Crippen molar-refractivity contribution in [2.75, 3.05) is 11.9 Å². The molecule has 4 nitrogen and oxygen atoms in total. The molecular formula is C17H24FN3OS. The van der Waals surface area contributed by atoms with E-state index in [2.05, 4.69) is 15.5 Å². The van der Waals surface area contributed by atoms with Gasteiger partial charge in [0, 0.05) is 18.4 Å². The molecule has 0 bridgehead atoms. The molecule has 0 saturated carbocycles. The quantitative estimate of drug-likeness (QED) is 0.808. The van der Waals surface area contributed by atoms with Gasteiger partial charge in [-0.05, 0) is 17.5 Å². The summed E-state index contributed by atoms with van der Waals surface area (Å²) < 4.78 is 13.7. The van der Waals surface area contributed by atoms with Crippen molar-refractivity contribution in [1.82, 2.24) is 10.2 Å². The number of nitrogens with zero attached hydrogens (tertiary/aromatic N) is 2. The minimum atomic E-state index is -0.402. The second kappa shape index (κ2) is 7.36. The number of rotatable bonds is 7. The van der Waals surface area contributed by atoms with Crippen molar-refractivity contribution < 1.29 is 9.50 Å². The smallest absolute Gasteiger partial charge is 0.205 e. The molecule has 6 heteroatoms. The minimum Gasteiger partial charge on any atom is -0.392 e. The summed E-state index contributed by atoms with van der Waals surface area (Å²) in [7, 11) is 0.